The lowest BCUT2D eigenvalue weighted by atomic mass is 9.96. The third-order valence-electron chi connectivity index (χ3n) is 4.82. The maximum absolute atomic E-state index is 12.8. The van der Waals surface area contributed by atoms with Crippen LogP contribution in [0, 0.1) is 12.8 Å². The number of rotatable bonds is 4. The number of aromatic nitrogens is 2. The van der Waals surface area contributed by atoms with Crippen molar-refractivity contribution in [1.82, 2.24) is 15.0 Å². The van der Waals surface area contributed by atoms with Crippen LogP contribution in [-0.2, 0) is 4.79 Å². The number of furan rings is 1. The van der Waals surface area contributed by atoms with Gasteiger partial charge in [0.15, 0.2) is 11.5 Å². The Bertz CT molecular complexity index is 980. The fourth-order valence-corrected chi connectivity index (χ4v) is 3.28. The minimum absolute atomic E-state index is 0.129. The lowest BCUT2D eigenvalue weighted by molar-refractivity contribution is -0.121. The van der Waals surface area contributed by atoms with Crippen LogP contribution < -0.4 is 5.32 Å². The molecule has 144 valence electrons. The first kappa shape index (κ1) is 18.0. The quantitative estimate of drug-likeness (QED) is 0.746. The van der Waals surface area contributed by atoms with Gasteiger partial charge in [0.2, 0.25) is 11.7 Å². The number of carbonyl (C=O) groups excluding carboxylic acids is 2. The standard InChI is InChI=1S/C20H20N4O4/c1-13-5-2-8-21-18(13)22-19(25)14-6-3-9-24(12-14)20(26)15-11-17(28-23-15)16-7-4-10-27-16/h2,4-5,7-8,10-11,14H,3,6,9,12H2,1H3,(H,21,22,25). The molecule has 4 rings (SSSR count). The number of likely N-dealkylation sites (tertiary alicyclic amines) is 1. The first-order valence-corrected chi connectivity index (χ1v) is 9.14. The lowest BCUT2D eigenvalue weighted by Crippen LogP contribution is -2.44. The maximum Gasteiger partial charge on any atom is 0.276 e. The van der Waals surface area contributed by atoms with Crippen LogP contribution in [-0.4, -0.2) is 39.9 Å². The van der Waals surface area contributed by atoms with E-state index in [1.807, 2.05) is 19.1 Å². The van der Waals surface area contributed by atoms with E-state index in [9.17, 15) is 9.59 Å². The van der Waals surface area contributed by atoms with Crippen molar-refractivity contribution in [2.24, 2.45) is 5.92 Å². The summed E-state index contributed by atoms with van der Waals surface area (Å²) >= 11 is 0. The highest BCUT2D eigenvalue weighted by atomic mass is 16.5. The Hall–Kier alpha value is -3.42. The van der Waals surface area contributed by atoms with Gasteiger partial charge >= 0.3 is 0 Å². The molecule has 3 aromatic heterocycles. The van der Waals surface area contributed by atoms with Gasteiger partial charge in [-0.05, 0) is 43.5 Å². The summed E-state index contributed by atoms with van der Waals surface area (Å²) in [4.78, 5) is 31.3. The number of pyridine rings is 1. The molecule has 1 aliphatic rings. The molecule has 2 amide bonds. The van der Waals surface area contributed by atoms with Gasteiger partial charge in [-0.3, -0.25) is 9.59 Å². The number of nitrogens with one attached hydrogen (secondary N) is 1. The second-order valence-electron chi connectivity index (χ2n) is 6.80. The Balaban J connectivity index is 1.42. The van der Waals surface area contributed by atoms with E-state index >= 15 is 0 Å². The average Bonchev–Trinajstić information content (AvgIpc) is 3.41. The summed E-state index contributed by atoms with van der Waals surface area (Å²) < 4.78 is 10.5. The maximum atomic E-state index is 12.8. The molecule has 0 aromatic carbocycles. The van der Waals surface area contributed by atoms with E-state index in [1.165, 1.54) is 6.26 Å². The molecule has 1 fully saturated rings. The minimum atomic E-state index is -0.296. The number of nitrogens with zero attached hydrogens (tertiary/aromatic N) is 3. The van der Waals surface area contributed by atoms with Crippen LogP contribution in [0.15, 0.2) is 51.7 Å². The van der Waals surface area contributed by atoms with Crippen LogP contribution >= 0.6 is 0 Å². The molecule has 1 atom stereocenters. The molecule has 3 aromatic rings. The van der Waals surface area contributed by atoms with E-state index < -0.39 is 0 Å². The van der Waals surface area contributed by atoms with Crippen molar-refractivity contribution in [3.8, 4) is 11.5 Å². The van der Waals surface area contributed by atoms with Crippen LogP contribution in [0.25, 0.3) is 11.5 Å². The molecular weight excluding hydrogens is 360 g/mol. The number of amides is 2. The number of aryl methyl sites for hydroxylation is 1. The molecule has 1 aliphatic heterocycles. The molecule has 0 spiro atoms. The summed E-state index contributed by atoms with van der Waals surface area (Å²) in [6, 6.07) is 8.73. The Labute approximate surface area is 161 Å². The first-order valence-electron chi connectivity index (χ1n) is 9.14. The van der Waals surface area contributed by atoms with E-state index in [1.54, 1.807) is 29.3 Å². The van der Waals surface area contributed by atoms with Crippen LogP contribution in [0.2, 0.25) is 0 Å². The largest absolute Gasteiger partial charge is 0.461 e. The summed E-state index contributed by atoms with van der Waals surface area (Å²) in [5.41, 5.74) is 1.10. The third kappa shape index (κ3) is 3.66. The Morgan fingerprint density at radius 1 is 1.25 bits per heavy atom. The van der Waals surface area contributed by atoms with E-state index in [0.29, 0.717) is 30.4 Å². The normalized spacial score (nSPS) is 16.8. The zero-order valence-electron chi connectivity index (χ0n) is 15.4. The van der Waals surface area contributed by atoms with Gasteiger partial charge in [-0.15, -0.1) is 0 Å². The molecule has 0 saturated carbocycles. The average molecular weight is 380 g/mol. The molecule has 8 nitrogen and oxygen atoms in total. The minimum Gasteiger partial charge on any atom is -0.461 e. The van der Waals surface area contributed by atoms with Crippen LogP contribution in [0.4, 0.5) is 5.82 Å². The first-order chi connectivity index (χ1) is 13.6. The molecule has 0 radical (unpaired) electrons. The molecular formula is C20H20N4O4. The third-order valence-corrected chi connectivity index (χ3v) is 4.82. The van der Waals surface area contributed by atoms with E-state index in [0.717, 1.165) is 18.4 Å². The molecule has 0 aliphatic carbocycles. The van der Waals surface area contributed by atoms with Crippen molar-refractivity contribution in [3.63, 3.8) is 0 Å². The van der Waals surface area contributed by atoms with Crippen LogP contribution in [0.1, 0.15) is 28.9 Å². The van der Waals surface area contributed by atoms with Gasteiger partial charge in [0, 0.05) is 25.4 Å². The number of anilines is 1. The van der Waals surface area contributed by atoms with Gasteiger partial charge in [0.05, 0.1) is 12.2 Å². The van der Waals surface area contributed by atoms with E-state index in [2.05, 4.69) is 15.5 Å². The van der Waals surface area contributed by atoms with Crippen molar-refractivity contribution >= 4 is 17.6 Å². The van der Waals surface area contributed by atoms with Crippen molar-refractivity contribution in [1.29, 1.82) is 0 Å². The highest BCUT2D eigenvalue weighted by Crippen LogP contribution is 2.24. The monoisotopic (exact) mass is 380 g/mol. The van der Waals surface area contributed by atoms with Gasteiger partial charge in [-0.1, -0.05) is 11.2 Å². The fraction of sp³-hybridized carbons (Fsp3) is 0.300. The topological polar surface area (TPSA) is 101 Å². The molecule has 0 bridgehead atoms. The molecule has 8 heteroatoms. The second kappa shape index (κ2) is 7.67. The highest BCUT2D eigenvalue weighted by molar-refractivity contribution is 5.95. The number of piperidine rings is 1. The predicted molar refractivity (Wildman–Crippen MR) is 100 cm³/mol. The summed E-state index contributed by atoms with van der Waals surface area (Å²) in [5, 5.41) is 6.73. The van der Waals surface area contributed by atoms with Crippen molar-refractivity contribution in [2.75, 3.05) is 18.4 Å². The van der Waals surface area contributed by atoms with Gasteiger partial charge in [-0.25, -0.2) is 4.98 Å². The van der Waals surface area contributed by atoms with Gasteiger partial charge in [-0.2, -0.15) is 0 Å². The number of hydrogen-bond acceptors (Lipinski definition) is 6. The van der Waals surface area contributed by atoms with Gasteiger partial charge < -0.3 is 19.2 Å². The smallest absolute Gasteiger partial charge is 0.276 e. The Morgan fingerprint density at radius 3 is 2.93 bits per heavy atom. The zero-order chi connectivity index (χ0) is 19.5. The summed E-state index contributed by atoms with van der Waals surface area (Å²) in [6.07, 6.45) is 4.63. The molecule has 4 heterocycles. The summed E-state index contributed by atoms with van der Waals surface area (Å²) in [5.74, 6) is 0.772. The lowest BCUT2D eigenvalue weighted by Gasteiger charge is -2.31. The predicted octanol–water partition coefficient (Wildman–Crippen LogP) is 3.13. The number of hydrogen-bond donors (Lipinski definition) is 1. The highest BCUT2D eigenvalue weighted by Gasteiger charge is 2.30. The second-order valence-corrected chi connectivity index (χ2v) is 6.80. The SMILES string of the molecule is Cc1cccnc1NC(=O)C1CCCN(C(=O)c2cc(-c3ccco3)on2)C1. The van der Waals surface area contributed by atoms with Gasteiger partial charge in [0.1, 0.15) is 5.82 Å². The molecule has 28 heavy (non-hydrogen) atoms. The van der Waals surface area contributed by atoms with Gasteiger partial charge in [0.25, 0.3) is 5.91 Å². The fourth-order valence-electron chi connectivity index (χ4n) is 3.28. The Morgan fingerprint density at radius 2 is 2.14 bits per heavy atom. The molecule has 1 unspecified atom stereocenters. The van der Waals surface area contributed by atoms with E-state index in [4.69, 9.17) is 8.94 Å². The molecule has 1 saturated heterocycles. The van der Waals surface area contributed by atoms with Crippen molar-refractivity contribution in [3.05, 3.63) is 54.0 Å². The van der Waals surface area contributed by atoms with Crippen molar-refractivity contribution in [2.45, 2.75) is 19.8 Å². The summed E-state index contributed by atoms with van der Waals surface area (Å²) in [7, 11) is 0. The van der Waals surface area contributed by atoms with Crippen molar-refractivity contribution < 1.29 is 18.5 Å². The van der Waals surface area contributed by atoms with Crippen LogP contribution in [0.3, 0.4) is 0 Å². The number of carbonyl (C=O) groups is 2. The van der Waals surface area contributed by atoms with E-state index in [-0.39, 0.29) is 23.4 Å². The Kier molecular flexibility index (Phi) is 4.92. The molecule has 1 N–H and O–H groups in total. The zero-order valence-corrected chi connectivity index (χ0v) is 15.4. The van der Waals surface area contributed by atoms with Crippen LogP contribution in [0.5, 0.6) is 0 Å². The summed E-state index contributed by atoms with van der Waals surface area (Å²) in [6.45, 7) is 2.80.